The largest absolute Gasteiger partial charge is 0.305 e. The van der Waals surface area contributed by atoms with E-state index in [1.807, 2.05) is 0 Å². The molecule has 1 aromatic heterocycles. The molecular formula is C12H16FN5. The third-order valence-corrected chi connectivity index (χ3v) is 2.36. The predicted octanol–water partition coefficient (Wildman–Crippen LogP) is 1.69. The summed E-state index contributed by atoms with van der Waals surface area (Å²) >= 11 is 0. The second-order valence-corrected chi connectivity index (χ2v) is 5.09. The highest BCUT2D eigenvalue weighted by atomic mass is 19.1. The maximum absolute atomic E-state index is 13.2. The fourth-order valence-electron chi connectivity index (χ4n) is 1.47. The van der Waals surface area contributed by atoms with Gasteiger partial charge in [0, 0.05) is 5.54 Å². The minimum atomic E-state index is -0.308. The van der Waals surface area contributed by atoms with Crippen molar-refractivity contribution in [1.29, 1.82) is 0 Å². The van der Waals surface area contributed by atoms with Gasteiger partial charge in [0.1, 0.15) is 5.82 Å². The lowest BCUT2D eigenvalue weighted by molar-refractivity contribution is 0.415. The van der Waals surface area contributed by atoms with Crippen LogP contribution in [0.3, 0.4) is 0 Å². The second-order valence-electron chi connectivity index (χ2n) is 5.09. The summed E-state index contributed by atoms with van der Waals surface area (Å²) in [6, 6.07) is 6.19. The first kappa shape index (κ1) is 12.6. The van der Waals surface area contributed by atoms with E-state index in [2.05, 4.69) is 41.6 Å². The van der Waals surface area contributed by atoms with Gasteiger partial charge in [0.15, 0.2) is 5.82 Å². The third kappa shape index (κ3) is 3.10. The van der Waals surface area contributed by atoms with Crippen molar-refractivity contribution in [2.75, 3.05) is 0 Å². The Morgan fingerprint density at radius 3 is 2.78 bits per heavy atom. The lowest BCUT2D eigenvalue weighted by atomic mass is 10.1. The van der Waals surface area contributed by atoms with Crippen LogP contribution in [0.15, 0.2) is 24.3 Å². The molecule has 96 valence electrons. The fourth-order valence-corrected chi connectivity index (χ4v) is 1.47. The number of tetrazole rings is 1. The van der Waals surface area contributed by atoms with E-state index in [0.717, 1.165) is 0 Å². The van der Waals surface area contributed by atoms with Crippen LogP contribution in [0.5, 0.6) is 0 Å². The molecule has 0 atom stereocenters. The molecule has 0 aliphatic rings. The Morgan fingerprint density at radius 1 is 1.33 bits per heavy atom. The van der Waals surface area contributed by atoms with Crippen LogP contribution in [0.1, 0.15) is 26.6 Å². The number of hydrogen-bond acceptors (Lipinski definition) is 4. The summed E-state index contributed by atoms with van der Waals surface area (Å²) in [4.78, 5) is 0. The molecule has 0 amide bonds. The molecule has 0 unspecified atom stereocenters. The summed E-state index contributed by atoms with van der Waals surface area (Å²) in [5.74, 6) is 0.341. The van der Waals surface area contributed by atoms with Gasteiger partial charge in [-0.25, -0.2) is 4.39 Å². The van der Waals surface area contributed by atoms with Crippen molar-refractivity contribution >= 4 is 0 Å². The Bertz CT molecular complexity index is 529. The highest BCUT2D eigenvalue weighted by molar-refractivity contribution is 5.31. The van der Waals surface area contributed by atoms with Gasteiger partial charge in [-0.05, 0) is 49.4 Å². The molecule has 0 saturated heterocycles. The molecule has 0 aliphatic carbocycles. The lowest BCUT2D eigenvalue weighted by Crippen LogP contribution is -2.35. The van der Waals surface area contributed by atoms with Gasteiger partial charge in [0.2, 0.25) is 0 Å². The Kier molecular flexibility index (Phi) is 3.38. The van der Waals surface area contributed by atoms with E-state index in [4.69, 9.17) is 0 Å². The summed E-state index contributed by atoms with van der Waals surface area (Å²) < 4.78 is 14.7. The zero-order chi connectivity index (χ0) is 13.2. The standard InChI is InChI=1S/C12H16FN5/c1-12(2,3)14-8-11-15-16-17-18(11)10-6-4-5-9(13)7-10/h4-7,14H,8H2,1-3H3. The maximum atomic E-state index is 13.2. The Balaban J connectivity index is 2.23. The maximum Gasteiger partial charge on any atom is 0.170 e. The normalized spacial score (nSPS) is 11.8. The molecule has 0 bridgehead atoms. The molecule has 2 aromatic rings. The van der Waals surface area contributed by atoms with Gasteiger partial charge >= 0.3 is 0 Å². The van der Waals surface area contributed by atoms with Crippen molar-refractivity contribution in [1.82, 2.24) is 25.5 Å². The fraction of sp³-hybridized carbons (Fsp3) is 0.417. The molecule has 18 heavy (non-hydrogen) atoms. The van der Waals surface area contributed by atoms with Crippen LogP contribution in [0.2, 0.25) is 0 Å². The number of hydrogen-bond donors (Lipinski definition) is 1. The average Bonchev–Trinajstić information content (AvgIpc) is 2.73. The molecule has 1 heterocycles. The van der Waals surface area contributed by atoms with Crippen LogP contribution < -0.4 is 5.32 Å². The van der Waals surface area contributed by atoms with Gasteiger partial charge in [-0.3, -0.25) is 0 Å². The Labute approximate surface area is 105 Å². The molecule has 1 N–H and O–H groups in total. The van der Waals surface area contributed by atoms with Crippen LogP contribution >= 0.6 is 0 Å². The van der Waals surface area contributed by atoms with Gasteiger partial charge in [-0.2, -0.15) is 4.68 Å². The molecule has 0 saturated carbocycles. The van der Waals surface area contributed by atoms with E-state index in [1.54, 1.807) is 12.1 Å². The highest BCUT2D eigenvalue weighted by Gasteiger charge is 2.13. The van der Waals surface area contributed by atoms with Crippen LogP contribution in [-0.2, 0) is 6.54 Å². The minimum Gasteiger partial charge on any atom is -0.305 e. The zero-order valence-corrected chi connectivity index (χ0v) is 10.7. The van der Waals surface area contributed by atoms with Crippen LogP contribution in [0.4, 0.5) is 4.39 Å². The van der Waals surface area contributed by atoms with Gasteiger partial charge in [-0.1, -0.05) is 6.07 Å². The number of aromatic nitrogens is 4. The van der Waals surface area contributed by atoms with Gasteiger partial charge < -0.3 is 5.32 Å². The van der Waals surface area contributed by atoms with Crippen molar-refractivity contribution < 1.29 is 4.39 Å². The summed E-state index contributed by atoms with van der Waals surface area (Å²) in [5, 5.41) is 14.7. The topological polar surface area (TPSA) is 55.6 Å². The number of benzene rings is 1. The van der Waals surface area contributed by atoms with Crippen molar-refractivity contribution in [3.8, 4) is 5.69 Å². The van der Waals surface area contributed by atoms with Gasteiger partial charge in [-0.15, -0.1) is 5.10 Å². The monoisotopic (exact) mass is 249 g/mol. The smallest absolute Gasteiger partial charge is 0.170 e. The summed E-state index contributed by atoms with van der Waals surface area (Å²) in [7, 11) is 0. The third-order valence-electron chi connectivity index (χ3n) is 2.36. The zero-order valence-electron chi connectivity index (χ0n) is 10.7. The lowest BCUT2D eigenvalue weighted by Gasteiger charge is -2.19. The molecule has 0 spiro atoms. The summed E-state index contributed by atoms with van der Waals surface area (Å²) in [5.41, 5.74) is 0.587. The molecular weight excluding hydrogens is 233 g/mol. The summed E-state index contributed by atoms with van der Waals surface area (Å²) in [6.07, 6.45) is 0. The molecule has 0 fully saturated rings. The van der Waals surface area contributed by atoms with E-state index < -0.39 is 0 Å². The van der Waals surface area contributed by atoms with Crippen LogP contribution in [0.25, 0.3) is 5.69 Å². The van der Waals surface area contributed by atoms with Crippen molar-refractivity contribution in [2.45, 2.75) is 32.9 Å². The number of nitrogens with one attached hydrogen (secondary N) is 1. The predicted molar refractivity (Wildman–Crippen MR) is 65.7 cm³/mol. The molecule has 5 nitrogen and oxygen atoms in total. The minimum absolute atomic E-state index is 0.0290. The number of rotatable bonds is 3. The first-order valence-electron chi connectivity index (χ1n) is 5.74. The first-order valence-corrected chi connectivity index (χ1v) is 5.74. The van der Waals surface area contributed by atoms with Gasteiger partial charge in [0.05, 0.1) is 12.2 Å². The quantitative estimate of drug-likeness (QED) is 0.899. The number of halogens is 1. The highest BCUT2D eigenvalue weighted by Crippen LogP contribution is 2.10. The van der Waals surface area contributed by atoms with E-state index in [1.165, 1.54) is 16.8 Å². The average molecular weight is 249 g/mol. The van der Waals surface area contributed by atoms with Crippen LogP contribution in [0, 0.1) is 5.82 Å². The molecule has 1 aromatic carbocycles. The first-order chi connectivity index (χ1) is 8.46. The van der Waals surface area contributed by atoms with E-state index in [9.17, 15) is 4.39 Å². The Hall–Kier alpha value is -1.82. The number of nitrogens with zero attached hydrogens (tertiary/aromatic N) is 4. The van der Waals surface area contributed by atoms with E-state index in [0.29, 0.717) is 18.1 Å². The Morgan fingerprint density at radius 2 is 2.11 bits per heavy atom. The van der Waals surface area contributed by atoms with Crippen molar-refractivity contribution in [2.24, 2.45) is 0 Å². The molecule has 6 heteroatoms. The van der Waals surface area contributed by atoms with Crippen molar-refractivity contribution in [3.05, 3.63) is 35.9 Å². The molecule has 0 aliphatic heterocycles. The van der Waals surface area contributed by atoms with E-state index >= 15 is 0 Å². The summed E-state index contributed by atoms with van der Waals surface area (Å²) in [6.45, 7) is 6.70. The second kappa shape index (κ2) is 4.81. The SMILES string of the molecule is CC(C)(C)NCc1nnnn1-c1cccc(F)c1. The van der Waals surface area contributed by atoms with Gasteiger partial charge in [0.25, 0.3) is 0 Å². The van der Waals surface area contributed by atoms with Crippen LogP contribution in [-0.4, -0.2) is 25.7 Å². The molecule has 0 radical (unpaired) electrons. The van der Waals surface area contributed by atoms with E-state index in [-0.39, 0.29) is 11.4 Å². The molecule has 2 rings (SSSR count). The van der Waals surface area contributed by atoms with Crippen molar-refractivity contribution in [3.63, 3.8) is 0 Å².